The van der Waals surface area contributed by atoms with Crippen LogP contribution in [-0.4, -0.2) is 27.0 Å². The normalized spacial score (nSPS) is 11.0. The molecule has 6 nitrogen and oxygen atoms in total. The highest BCUT2D eigenvalue weighted by molar-refractivity contribution is 6.30. The van der Waals surface area contributed by atoms with Crippen LogP contribution >= 0.6 is 11.6 Å². The van der Waals surface area contributed by atoms with Gasteiger partial charge in [-0.3, -0.25) is 0 Å². The van der Waals surface area contributed by atoms with Gasteiger partial charge in [0.05, 0.1) is 18.4 Å². The van der Waals surface area contributed by atoms with Crippen LogP contribution in [0.2, 0.25) is 5.02 Å². The summed E-state index contributed by atoms with van der Waals surface area (Å²) in [6, 6.07) is 7.40. The van der Waals surface area contributed by atoms with Crippen LogP contribution in [0.4, 0.5) is 0 Å². The summed E-state index contributed by atoms with van der Waals surface area (Å²) in [4.78, 5) is 4.44. The molecule has 1 aromatic carbocycles. The van der Waals surface area contributed by atoms with Crippen molar-refractivity contribution in [2.24, 2.45) is 0 Å². The van der Waals surface area contributed by atoms with Gasteiger partial charge in [-0.2, -0.15) is 0 Å². The molecule has 0 aliphatic carbocycles. The van der Waals surface area contributed by atoms with E-state index < -0.39 is 0 Å². The van der Waals surface area contributed by atoms with Crippen molar-refractivity contribution in [1.29, 1.82) is 0 Å². The number of halogens is 1. The summed E-state index contributed by atoms with van der Waals surface area (Å²) >= 11 is 5.97. The van der Waals surface area contributed by atoms with E-state index in [1.54, 1.807) is 10.9 Å². The average Bonchev–Trinajstić information content (AvgIpc) is 3.10. The SMILES string of the molecule is CNCc1cn(Cc2coc(-c3cccc(Cl)c3)n2)nn1. The summed E-state index contributed by atoms with van der Waals surface area (Å²) in [6.45, 7) is 1.20. The van der Waals surface area contributed by atoms with E-state index in [-0.39, 0.29) is 0 Å². The van der Waals surface area contributed by atoms with Gasteiger partial charge in [-0.15, -0.1) is 5.10 Å². The van der Waals surface area contributed by atoms with Gasteiger partial charge in [0.2, 0.25) is 5.89 Å². The first-order valence-electron chi connectivity index (χ1n) is 6.48. The summed E-state index contributed by atoms with van der Waals surface area (Å²) in [6.07, 6.45) is 3.50. The summed E-state index contributed by atoms with van der Waals surface area (Å²) in [5.41, 5.74) is 2.52. The van der Waals surface area contributed by atoms with Crippen LogP contribution in [0.25, 0.3) is 11.5 Å². The fourth-order valence-electron chi connectivity index (χ4n) is 1.98. The topological polar surface area (TPSA) is 68.8 Å². The molecule has 0 amide bonds. The van der Waals surface area contributed by atoms with Gasteiger partial charge in [0.15, 0.2) is 0 Å². The largest absolute Gasteiger partial charge is 0.444 e. The quantitative estimate of drug-likeness (QED) is 0.783. The number of nitrogens with one attached hydrogen (secondary N) is 1. The van der Waals surface area contributed by atoms with Gasteiger partial charge in [-0.05, 0) is 25.2 Å². The van der Waals surface area contributed by atoms with Crippen molar-refractivity contribution >= 4 is 11.6 Å². The first-order chi connectivity index (χ1) is 10.2. The molecule has 0 aliphatic rings. The van der Waals surface area contributed by atoms with Crippen molar-refractivity contribution in [3.63, 3.8) is 0 Å². The van der Waals surface area contributed by atoms with E-state index in [4.69, 9.17) is 16.0 Å². The summed E-state index contributed by atoms with van der Waals surface area (Å²) in [5, 5.41) is 11.8. The van der Waals surface area contributed by atoms with Gasteiger partial charge in [0, 0.05) is 17.1 Å². The Kier molecular flexibility index (Phi) is 3.98. The fraction of sp³-hybridized carbons (Fsp3) is 0.214. The number of rotatable bonds is 5. The molecule has 2 aromatic heterocycles. The van der Waals surface area contributed by atoms with Crippen molar-refractivity contribution in [2.45, 2.75) is 13.1 Å². The summed E-state index contributed by atoms with van der Waals surface area (Å²) < 4.78 is 7.22. The highest BCUT2D eigenvalue weighted by Crippen LogP contribution is 2.22. The standard InChI is InChI=1S/C14H14ClN5O/c1-16-6-12-7-20(19-18-12)8-13-9-21-14(17-13)10-3-2-4-11(15)5-10/h2-5,7,9,16H,6,8H2,1H3. The van der Waals surface area contributed by atoms with E-state index in [1.165, 1.54) is 0 Å². The minimum atomic E-state index is 0.515. The Bertz CT molecular complexity index is 736. The van der Waals surface area contributed by atoms with Crippen LogP contribution < -0.4 is 5.32 Å². The third-order valence-corrected chi connectivity index (χ3v) is 3.13. The molecule has 0 spiro atoms. The number of hydrogen-bond donors (Lipinski definition) is 1. The Morgan fingerprint density at radius 1 is 1.33 bits per heavy atom. The van der Waals surface area contributed by atoms with Gasteiger partial charge >= 0.3 is 0 Å². The zero-order valence-electron chi connectivity index (χ0n) is 11.5. The van der Waals surface area contributed by atoms with Crippen LogP contribution in [-0.2, 0) is 13.1 Å². The number of nitrogens with zero attached hydrogens (tertiary/aromatic N) is 4. The monoisotopic (exact) mass is 303 g/mol. The van der Waals surface area contributed by atoms with Crippen molar-refractivity contribution in [1.82, 2.24) is 25.3 Å². The average molecular weight is 304 g/mol. The lowest BCUT2D eigenvalue weighted by atomic mass is 10.2. The van der Waals surface area contributed by atoms with Crippen LogP contribution in [0.1, 0.15) is 11.4 Å². The second-order valence-corrected chi connectivity index (χ2v) is 5.03. The van der Waals surface area contributed by atoms with Gasteiger partial charge in [0.25, 0.3) is 0 Å². The Hall–Kier alpha value is -2.18. The van der Waals surface area contributed by atoms with E-state index in [0.717, 1.165) is 17.0 Å². The number of benzene rings is 1. The van der Waals surface area contributed by atoms with Crippen LogP contribution in [0, 0.1) is 0 Å². The zero-order chi connectivity index (χ0) is 14.7. The third-order valence-electron chi connectivity index (χ3n) is 2.89. The van der Waals surface area contributed by atoms with E-state index in [2.05, 4.69) is 20.6 Å². The Labute approximate surface area is 126 Å². The minimum absolute atomic E-state index is 0.515. The molecule has 0 saturated heterocycles. The van der Waals surface area contributed by atoms with Gasteiger partial charge in [-0.1, -0.05) is 22.9 Å². The van der Waals surface area contributed by atoms with Gasteiger partial charge in [0.1, 0.15) is 12.0 Å². The maximum atomic E-state index is 5.97. The lowest BCUT2D eigenvalue weighted by Gasteiger charge is -1.96. The molecule has 21 heavy (non-hydrogen) atoms. The molecule has 108 valence electrons. The van der Waals surface area contributed by atoms with E-state index in [9.17, 15) is 0 Å². The number of oxazole rings is 1. The Balaban J connectivity index is 1.75. The molecule has 0 radical (unpaired) electrons. The van der Waals surface area contributed by atoms with Crippen LogP contribution in [0.5, 0.6) is 0 Å². The molecule has 2 heterocycles. The Morgan fingerprint density at radius 3 is 3.05 bits per heavy atom. The molecular weight excluding hydrogens is 290 g/mol. The molecule has 0 unspecified atom stereocenters. The van der Waals surface area contributed by atoms with E-state index in [1.807, 2.05) is 37.5 Å². The summed E-state index contributed by atoms with van der Waals surface area (Å²) in [5.74, 6) is 0.545. The molecule has 7 heteroatoms. The molecule has 0 saturated carbocycles. The minimum Gasteiger partial charge on any atom is -0.444 e. The van der Waals surface area contributed by atoms with Crippen LogP contribution in [0.3, 0.4) is 0 Å². The van der Waals surface area contributed by atoms with E-state index >= 15 is 0 Å². The van der Waals surface area contributed by atoms with Crippen molar-refractivity contribution < 1.29 is 4.42 Å². The van der Waals surface area contributed by atoms with Crippen molar-refractivity contribution in [2.75, 3.05) is 7.05 Å². The lowest BCUT2D eigenvalue weighted by Crippen LogP contribution is -2.05. The maximum Gasteiger partial charge on any atom is 0.226 e. The predicted octanol–water partition coefficient (Wildman–Crippen LogP) is 2.35. The first kappa shape index (κ1) is 13.8. The number of hydrogen-bond acceptors (Lipinski definition) is 5. The molecule has 0 aliphatic heterocycles. The molecular formula is C14H14ClN5O. The molecule has 3 rings (SSSR count). The second kappa shape index (κ2) is 6.07. The summed E-state index contributed by atoms with van der Waals surface area (Å²) in [7, 11) is 1.87. The van der Waals surface area contributed by atoms with Crippen molar-refractivity contribution in [3.05, 3.63) is 53.1 Å². The predicted molar refractivity (Wildman–Crippen MR) is 78.8 cm³/mol. The maximum absolute atomic E-state index is 5.97. The van der Waals surface area contributed by atoms with Gasteiger partial charge < -0.3 is 9.73 Å². The molecule has 0 fully saturated rings. The first-order valence-corrected chi connectivity index (χ1v) is 6.86. The van der Waals surface area contributed by atoms with Crippen molar-refractivity contribution in [3.8, 4) is 11.5 Å². The molecule has 0 bridgehead atoms. The molecule has 0 atom stereocenters. The van der Waals surface area contributed by atoms with E-state index in [0.29, 0.717) is 24.0 Å². The number of aromatic nitrogens is 4. The van der Waals surface area contributed by atoms with Crippen LogP contribution in [0.15, 0.2) is 41.1 Å². The zero-order valence-corrected chi connectivity index (χ0v) is 12.2. The molecule has 1 N–H and O–H groups in total. The lowest BCUT2D eigenvalue weighted by molar-refractivity contribution is 0.568. The van der Waals surface area contributed by atoms with Gasteiger partial charge in [-0.25, -0.2) is 9.67 Å². The molecule has 3 aromatic rings. The third kappa shape index (κ3) is 3.29. The fourth-order valence-corrected chi connectivity index (χ4v) is 2.17. The Morgan fingerprint density at radius 2 is 2.24 bits per heavy atom. The second-order valence-electron chi connectivity index (χ2n) is 4.59. The highest BCUT2D eigenvalue weighted by Gasteiger charge is 2.08. The highest BCUT2D eigenvalue weighted by atomic mass is 35.5. The smallest absolute Gasteiger partial charge is 0.226 e.